The zero-order valence-corrected chi connectivity index (χ0v) is 39.8. The summed E-state index contributed by atoms with van der Waals surface area (Å²) in [6.45, 7) is 16.1. The van der Waals surface area contributed by atoms with Crippen molar-refractivity contribution in [3.63, 3.8) is 0 Å². The van der Waals surface area contributed by atoms with E-state index in [4.69, 9.17) is 52.1 Å². The third-order valence-corrected chi connectivity index (χ3v) is 15.3. The normalized spacial score (nSPS) is 49.4. The SMILES string of the molecule is CC[C@H](C)[C@H]1O[C@@]2(C[C@@H]3CC(C/C=C(\C)[C@@H](O[C@H]4C[C@H](OC)[C@@H](O[C@H]5C[C@H](OC)[C@@H](O)[C@H](C)O5)[C@H](C)O4)[C@@H](C)/C=C/C=C4\CO[C@@H]5[C@H](OC)C(C)=C[C@@H](C(=O)O3)[C@]45O)O2)C[C@H](O)[C@@H]1C. The summed E-state index contributed by atoms with van der Waals surface area (Å²) in [7, 11) is 4.79. The van der Waals surface area contributed by atoms with Gasteiger partial charge < -0.3 is 67.4 Å². The van der Waals surface area contributed by atoms with Crippen LogP contribution >= 0.6 is 0 Å². The number of carbonyl (C=O) groups excluding carboxylic acids is 1. The van der Waals surface area contributed by atoms with Gasteiger partial charge in [-0.25, -0.2) is 0 Å². The summed E-state index contributed by atoms with van der Waals surface area (Å²) in [5.74, 6) is -2.98. The second-order valence-corrected chi connectivity index (χ2v) is 19.7. The smallest absolute Gasteiger partial charge is 0.316 e. The van der Waals surface area contributed by atoms with Crippen molar-refractivity contribution < 1.29 is 72.2 Å². The topological polar surface area (TPSA) is 179 Å². The van der Waals surface area contributed by atoms with Gasteiger partial charge in [0.2, 0.25) is 0 Å². The highest BCUT2D eigenvalue weighted by molar-refractivity contribution is 5.78. The molecular weight excluding hydrogens is 829 g/mol. The number of hydrogen-bond acceptors (Lipinski definition) is 15. The van der Waals surface area contributed by atoms with E-state index in [-0.39, 0.29) is 49.4 Å². The van der Waals surface area contributed by atoms with E-state index in [9.17, 15) is 20.1 Å². The van der Waals surface area contributed by atoms with Crippen LogP contribution in [0.5, 0.6) is 0 Å². The van der Waals surface area contributed by atoms with Crippen LogP contribution in [0.25, 0.3) is 0 Å². The molecule has 0 aromatic carbocycles. The summed E-state index contributed by atoms with van der Waals surface area (Å²) < 4.78 is 69.9. The van der Waals surface area contributed by atoms with Crippen molar-refractivity contribution >= 4 is 5.97 Å². The Morgan fingerprint density at radius 1 is 0.859 bits per heavy atom. The highest BCUT2D eigenvalue weighted by atomic mass is 16.7. The molecule has 0 aromatic heterocycles. The Labute approximate surface area is 379 Å². The number of aliphatic hydroxyl groups is 3. The second kappa shape index (κ2) is 20.6. The standard InChI is InChI=1S/C49H76O15/c1-12-25(2)43-29(6)36(50)23-48(64-43)22-34-19-33(63-48)17-16-27(4)42(61-40-21-38(55-10)45(31(8)59-40)62-39-20-37(54-9)41(51)30(7)58-39)26(3)14-13-15-32-24-57-46-44(56-11)28(5)18-35(47(52)60-34)49(32,46)53/h13-16,18,25-26,29-31,33-46,50-51,53H,12,17,19-24H2,1-11H3/b14-13+,27-16+,32-15+/t25-,26-,29-,30-,31-,33?,34-,35-,36-,37-,38-,39-,40-,41-,42-,43+,44+,45-,46+,48-,49+/m0/s1. The first-order valence-corrected chi connectivity index (χ1v) is 23.6. The van der Waals surface area contributed by atoms with E-state index in [0.29, 0.717) is 31.3 Å². The van der Waals surface area contributed by atoms with Gasteiger partial charge in [-0.05, 0) is 56.8 Å². The van der Waals surface area contributed by atoms with Crippen LogP contribution < -0.4 is 0 Å². The maximum Gasteiger partial charge on any atom is 0.316 e. The molecule has 0 radical (unpaired) electrons. The molecule has 1 unspecified atom stereocenters. The molecule has 5 fully saturated rings. The summed E-state index contributed by atoms with van der Waals surface area (Å²) >= 11 is 0. The molecule has 362 valence electrons. The van der Waals surface area contributed by atoms with Crippen LogP contribution in [0.3, 0.4) is 0 Å². The quantitative estimate of drug-likeness (QED) is 0.202. The van der Waals surface area contributed by atoms with Crippen LogP contribution in [-0.2, 0) is 56.9 Å². The summed E-state index contributed by atoms with van der Waals surface area (Å²) in [5, 5.41) is 34.8. The van der Waals surface area contributed by atoms with E-state index in [1.54, 1.807) is 34.3 Å². The highest BCUT2D eigenvalue weighted by Crippen LogP contribution is 2.48. The Bertz CT molecular complexity index is 1730. The van der Waals surface area contributed by atoms with Crippen LogP contribution in [-0.4, -0.2) is 153 Å². The molecule has 0 aromatic rings. The first-order chi connectivity index (χ1) is 30.4. The van der Waals surface area contributed by atoms with Crippen molar-refractivity contribution in [1.29, 1.82) is 0 Å². The number of rotatable bonds is 9. The molecule has 3 N–H and O–H groups in total. The number of carbonyl (C=O) groups is 1. The van der Waals surface area contributed by atoms with Crippen molar-refractivity contribution in [3.05, 3.63) is 47.1 Å². The highest BCUT2D eigenvalue weighted by Gasteiger charge is 2.61. The van der Waals surface area contributed by atoms with Crippen molar-refractivity contribution in [1.82, 2.24) is 0 Å². The van der Waals surface area contributed by atoms with Crippen LogP contribution in [0.15, 0.2) is 47.1 Å². The van der Waals surface area contributed by atoms with Gasteiger partial charge in [-0.1, -0.05) is 64.5 Å². The minimum atomic E-state index is -1.74. The fraction of sp³-hybridized carbons (Fsp3) is 0.816. The molecular formula is C49H76O15. The van der Waals surface area contributed by atoms with Gasteiger partial charge in [0, 0.05) is 65.3 Å². The first kappa shape index (κ1) is 49.8. The maximum atomic E-state index is 14.5. The van der Waals surface area contributed by atoms with E-state index in [2.05, 4.69) is 26.8 Å². The number of fused-ring (bicyclic) bond motifs is 2. The Hall–Kier alpha value is -2.09. The molecule has 15 nitrogen and oxygen atoms in total. The molecule has 1 aliphatic carbocycles. The summed E-state index contributed by atoms with van der Waals surface area (Å²) in [5.41, 5.74) is 0.516. The molecule has 1 spiro atoms. The maximum absolute atomic E-state index is 14.5. The number of esters is 1. The Kier molecular flexibility index (Phi) is 16.1. The summed E-state index contributed by atoms with van der Waals surface area (Å²) in [4.78, 5) is 14.5. The molecule has 21 atom stereocenters. The lowest BCUT2D eigenvalue weighted by atomic mass is 9.70. The third-order valence-electron chi connectivity index (χ3n) is 15.3. The van der Waals surface area contributed by atoms with Crippen molar-refractivity contribution in [2.24, 2.45) is 23.7 Å². The van der Waals surface area contributed by atoms with Crippen LogP contribution in [0.4, 0.5) is 0 Å². The monoisotopic (exact) mass is 905 g/mol. The van der Waals surface area contributed by atoms with E-state index >= 15 is 0 Å². The van der Waals surface area contributed by atoms with Crippen LogP contribution in [0.1, 0.15) is 100 Å². The fourth-order valence-corrected chi connectivity index (χ4v) is 11.3. The molecule has 6 heterocycles. The lowest BCUT2D eigenvalue weighted by molar-refractivity contribution is -0.354. The molecule has 2 bridgehead atoms. The number of allylic oxidation sites excluding steroid dienone is 2. The number of methoxy groups -OCH3 is 3. The average molecular weight is 905 g/mol. The largest absolute Gasteiger partial charge is 0.462 e. The molecule has 0 amide bonds. The van der Waals surface area contributed by atoms with Gasteiger partial charge in [-0.15, -0.1) is 0 Å². The first-order valence-electron chi connectivity index (χ1n) is 23.6. The van der Waals surface area contributed by atoms with Gasteiger partial charge in [0.15, 0.2) is 18.4 Å². The third kappa shape index (κ3) is 10.0. The van der Waals surface area contributed by atoms with Crippen LogP contribution in [0, 0.1) is 23.7 Å². The minimum Gasteiger partial charge on any atom is -0.462 e. The van der Waals surface area contributed by atoms with E-state index in [0.717, 1.165) is 17.6 Å². The molecule has 0 saturated carbocycles. The lowest BCUT2D eigenvalue weighted by Gasteiger charge is -2.52. The Morgan fingerprint density at radius 2 is 1.56 bits per heavy atom. The molecule has 6 aliphatic heterocycles. The minimum absolute atomic E-state index is 0.0971. The van der Waals surface area contributed by atoms with Gasteiger partial charge >= 0.3 is 5.97 Å². The molecule has 5 saturated heterocycles. The van der Waals surface area contributed by atoms with Gasteiger partial charge in [-0.2, -0.15) is 0 Å². The van der Waals surface area contributed by atoms with E-state index < -0.39 is 103 Å². The van der Waals surface area contributed by atoms with Crippen molar-refractivity contribution in [3.8, 4) is 0 Å². The summed E-state index contributed by atoms with van der Waals surface area (Å²) in [6.07, 6.45) is 4.40. The van der Waals surface area contributed by atoms with Gasteiger partial charge in [0.05, 0.1) is 55.4 Å². The zero-order valence-electron chi connectivity index (χ0n) is 39.8. The van der Waals surface area contributed by atoms with Crippen molar-refractivity contribution in [2.75, 3.05) is 27.9 Å². The zero-order chi connectivity index (χ0) is 46.2. The average Bonchev–Trinajstić information content (AvgIpc) is 3.59. The lowest BCUT2D eigenvalue weighted by Crippen LogP contribution is -2.60. The van der Waals surface area contributed by atoms with E-state index in [1.807, 2.05) is 45.9 Å². The summed E-state index contributed by atoms with van der Waals surface area (Å²) in [6, 6.07) is 0. The van der Waals surface area contributed by atoms with Crippen molar-refractivity contribution in [2.45, 2.75) is 204 Å². The molecule has 64 heavy (non-hydrogen) atoms. The molecule has 15 heteroatoms. The van der Waals surface area contributed by atoms with Crippen LogP contribution in [0.2, 0.25) is 0 Å². The van der Waals surface area contributed by atoms with Gasteiger partial charge in [-0.3, -0.25) is 4.79 Å². The predicted octanol–water partition coefficient (Wildman–Crippen LogP) is 5.23. The molecule has 7 aliphatic rings. The number of aliphatic hydroxyl groups excluding tert-OH is 2. The fourth-order valence-electron chi connectivity index (χ4n) is 11.3. The molecule has 7 rings (SSSR count). The number of ether oxygens (including phenoxy) is 11. The second-order valence-electron chi connectivity index (χ2n) is 19.7. The number of hydrogen-bond donors (Lipinski definition) is 3. The predicted molar refractivity (Wildman–Crippen MR) is 234 cm³/mol. The Morgan fingerprint density at radius 3 is 2.27 bits per heavy atom. The van der Waals surface area contributed by atoms with Gasteiger partial charge in [0.1, 0.15) is 42.0 Å². The Balaban J connectivity index is 1.20. The van der Waals surface area contributed by atoms with E-state index in [1.165, 1.54) is 0 Å². The van der Waals surface area contributed by atoms with Gasteiger partial charge in [0.25, 0.3) is 0 Å².